The van der Waals surface area contributed by atoms with Gasteiger partial charge in [0.15, 0.2) is 0 Å². The van der Waals surface area contributed by atoms with Gasteiger partial charge in [-0.1, -0.05) is 30.7 Å². The molecule has 1 aromatic carbocycles. The lowest BCUT2D eigenvalue weighted by atomic mass is 10.0. The smallest absolute Gasteiger partial charge is 0.0943 e. The molecule has 0 aliphatic carbocycles. The van der Waals surface area contributed by atoms with Crippen LogP contribution in [0.15, 0.2) is 23.6 Å². The zero-order valence-electron chi connectivity index (χ0n) is 12.9. The highest BCUT2D eigenvalue weighted by molar-refractivity contribution is 7.09. The number of nitrogens with one attached hydrogen (secondary N) is 1. The highest BCUT2D eigenvalue weighted by Gasteiger charge is 2.14. The van der Waals surface area contributed by atoms with Crippen molar-refractivity contribution in [2.75, 3.05) is 6.54 Å². The van der Waals surface area contributed by atoms with E-state index >= 15 is 0 Å². The van der Waals surface area contributed by atoms with Gasteiger partial charge in [0.2, 0.25) is 0 Å². The first kappa shape index (κ1) is 16.5. The first-order valence-electron chi connectivity index (χ1n) is 7.48. The Bertz CT molecular complexity index is 580. The molecule has 2 aromatic rings. The van der Waals surface area contributed by atoms with Gasteiger partial charge in [0.1, 0.15) is 0 Å². The molecule has 1 N–H and O–H groups in total. The molecule has 1 unspecified atom stereocenters. The summed E-state index contributed by atoms with van der Waals surface area (Å²) in [5, 5.41) is 7.81. The van der Waals surface area contributed by atoms with Gasteiger partial charge < -0.3 is 5.32 Å². The molecule has 21 heavy (non-hydrogen) atoms. The minimum absolute atomic E-state index is 0.385. The van der Waals surface area contributed by atoms with Crippen LogP contribution in [0.5, 0.6) is 0 Å². The molecule has 0 radical (unpaired) electrons. The number of benzene rings is 1. The lowest BCUT2D eigenvalue weighted by Gasteiger charge is -2.18. The summed E-state index contributed by atoms with van der Waals surface area (Å²) in [6, 6.07) is 6.70. The number of halogens is 1. The van der Waals surface area contributed by atoms with E-state index in [-0.39, 0.29) is 0 Å². The Kier molecular flexibility index (Phi) is 6.22. The maximum atomic E-state index is 6.37. The highest BCUT2D eigenvalue weighted by atomic mass is 35.5. The van der Waals surface area contributed by atoms with Crippen molar-refractivity contribution in [3.63, 3.8) is 0 Å². The summed E-state index contributed by atoms with van der Waals surface area (Å²) in [4.78, 5) is 4.58. The van der Waals surface area contributed by atoms with E-state index < -0.39 is 0 Å². The molecule has 0 amide bonds. The third-order valence-electron chi connectivity index (χ3n) is 3.45. The van der Waals surface area contributed by atoms with E-state index in [4.69, 9.17) is 11.6 Å². The number of aryl methyl sites for hydroxylation is 2. The molecule has 0 bridgehead atoms. The van der Waals surface area contributed by atoms with Crippen LogP contribution in [-0.2, 0) is 12.8 Å². The molecule has 0 saturated heterocycles. The number of aromatic nitrogens is 1. The van der Waals surface area contributed by atoms with E-state index in [0.717, 1.165) is 36.5 Å². The van der Waals surface area contributed by atoms with Crippen molar-refractivity contribution in [3.05, 3.63) is 50.4 Å². The summed E-state index contributed by atoms with van der Waals surface area (Å²) >= 11 is 8.12. The third kappa shape index (κ3) is 5.10. The van der Waals surface area contributed by atoms with Crippen molar-refractivity contribution < 1.29 is 0 Å². The van der Waals surface area contributed by atoms with E-state index in [1.807, 2.05) is 13.0 Å². The Morgan fingerprint density at radius 2 is 2.10 bits per heavy atom. The molecule has 0 saturated carbocycles. The average molecular weight is 323 g/mol. The van der Waals surface area contributed by atoms with Crippen molar-refractivity contribution in [1.29, 1.82) is 0 Å². The van der Waals surface area contributed by atoms with Gasteiger partial charge >= 0.3 is 0 Å². The second kappa shape index (κ2) is 7.92. The average Bonchev–Trinajstić information content (AvgIpc) is 2.84. The highest BCUT2D eigenvalue weighted by Crippen LogP contribution is 2.21. The zero-order valence-corrected chi connectivity index (χ0v) is 14.5. The second-order valence-corrected chi connectivity index (χ2v) is 6.89. The monoisotopic (exact) mass is 322 g/mol. The van der Waals surface area contributed by atoms with Crippen LogP contribution in [0.25, 0.3) is 0 Å². The third-order valence-corrected chi connectivity index (χ3v) is 4.79. The van der Waals surface area contributed by atoms with Gasteiger partial charge in [0, 0.05) is 28.6 Å². The van der Waals surface area contributed by atoms with Crippen LogP contribution in [-0.4, -0.2) is 17.6 Å². The van der Waals surface area contributed by atoms with Gasteiger partial charge in [-0.25, -0.2) is 4.98 Å². The molecule has 2 nitrogen and oxygen atoms in total. The molecular weight excluding hydrogens is 300 g/mol. The largest absolute Gasteiger partial charge is 0.313 e. The molecule has 2 rings (SSSR count). The normalized spacial score (nSPS) is 12.6. The summed E-state index contributed by atoms with van der Waals surface area (Å²) in [6.45, 7) is 7.33. The van der Waals surface area contributed by atoms with Crippen LogP contribution in [0.3, 0.4) is 0 Å². The van der Waals surface area contributed by atoms with Crippen molar-refractivity contribution in [3.8, 4) is 0 Å². The quantitative estimate of drug-likeness (QED) is 0.808. The first-order valence-corrected chi connectivity index (χ1v) is 8.73. The number of hydrogen-bond donors (Lipinski definition) is 1. The Morgan fingerprint density at radius 3 is 2.71 bits per heavy atom. The van der Waals surface area contributed by atoms with Crippen LogP contribution in [0.4, 0.5) is 0 Å². The minimum atomic E-state index is 0.385. The molecule has 4 heteroatoms. The van der Waals surface area contributed by atoms with E-state index in [9.17, 15) is 0 Å². The van der Waals surface area contributed by atoms with E-state index in [0.29, 0.717) is 6.04 Å². The fourth-order valence-electron chi connectivity index (χ4n) is 2.36. The van der Waals surface area contributed by atoms with Crippen LogP contribution < -0.4 is 5.32 Å². The van der Waals surface area contributed by atoms with Gasteiger partial charge in [-0.3, -0.25) is 0 Å². The van der Waals surface area contributed by atoms with Crippen molar-refractivity contribution in [1.82, 2.24) is 10.3 Å². The Morgan fingerprint density at radius 1 is 1.29 bits per heavy atom. The summed E-state index contributed by atoms with van der Waals surface area (Å²) in [5.74, 6) is 0. The standard InChI is InChI=1S/C17H23ClN2S/c1-4-7-19-15(10-17-20-13(3)11-21-17)9-14-6-5-12(2)8-16(14)18/h5-6,8,11,15,19H,4,7,9-10H2,1-3H3. The molecule has 0 aliphatic rings. The van der Waals surface area contributed by atoms with Crippen molar-refractivity contribution >= 4 is 22.9 Å². The van der Waals surface area contributed by atoms with E-state index in [2.05, 4.69) is 41.7 Å². The van der Waals surface area contributed by atoms with Crippen molar-refractivity contribution in [2.24, 2.45) is 0 Å². The number of thiazole rings is 1. The number of hydrogen-bond acceptors (Lipinski definition) is 3. The van der Waals surface area contributed by atoms with Crippen molar-refractivity contribution in [2.45, 2.75) is 46.1 Å². The molecule has 1 heterocycles. The Labute approximate surface area is 136 Å². The predicted octanol–water partition coefficient (Wildman–Crippen LogP) is 4.57. The maximum Gasteiger partial charge on any atom is 0.0943 e. The van der Waals surface area contributed by atoms with Crippen LogP contribution in [0, 0.1) is 13.8 Å². The maximum absolute atomic E-state index is 6.37. The fourth-order valence-corrected chi connectivity index (χ4v) is 3.52. The molecular formula is C17H23ClN2S. The van der Waals surface area contributed by atoms with E-state index in [1.165, 1.54) is 16.1 Å². The fraction of sp³-hybridized carbons (Fsp3) is 0.471. The molecule has 114 valence electrons. The number of nitrogens with zero attached hydrogens (tertiary/aromatic N) is 1. The summed E-state index contributed by atoms with van der Waals surface area (Å²) < 4.78 is 0. The van der Waals surface area contributed by atoms with Crippen LogP contribution >= 0.6 is 22.9 Å². The molecule has 1 atom stereocenters. The van der Waals surface area contributed by atoms with Crippen LogP contribution in [0.2, 0.25) is 5.02 Å². The zero-order chi connectivity index (χ0) is 15.2. The summed E-state index contributed by atoms with van der Waals surface area (Å²) in [7, 11) is 0. The van der Waals surface area contributed by atoms with Gasteiger partial charge in [0.05, 0.1) is 5.01 Å². The Balaban J connectivity index is 2.08. The lowest BCUT2D eigenvalue weighted by molar-refractivity contribution is 0.504. The number of rotatable bonds is 7. The van der Waals surface area contributed by atoms with Gasteiger partial charge in [-0.15, -0.1) is 11.3 Å². The summed E-state index contributed by atoms with van der Waals surface area (Å²) in [5.41, 5.74) is 3.53. The van der Waals surface area contributed by atoms with Gasteiger partial charge in [-0.2, -0.15) is 0 Å². The Hall–Kier alpha value is -0.900. The van der Waals surface area contributed by atoms with Gasteiger partial charge in [-0.05, 0) is 50.4 Å². The first-order chi connectivity index (χ1) is 10.1. The van der Waals surface area contributed by atoms with Gasteiger partial charge in [0.25, 0.3) is 0 Å². The molecule has 0 aliphatic heterocycles. The SMILES string of the molecule is CCCNC(Cc1nc(C)cs1)Cc1ccc(C)cc1Cl. The van der Waals surface area contributed by atoms with Crippen LogP contribution in [0.1, 0.15) is 35.2 Å². The molecule has 1 aromatic heterocycles. The molecule has 0 spiro atoms. The minimum Gasteiger partial charge on any atom is -0.313 e. The second-order valence-electron chi connectivity index (χ2n) is 5.54. The topological polar surface area (TPSA) is 24.9 Å². The summed E-state index contributed by atoms with van der Waals surface area (Å²) in [6.07, 6.45) is 3.04. The lowest BCUT2D eigenvalue weighted by Crippen LogP contribution is -2.33. The van der Waals surface area contributed by atoms with E-state index in [1.54, 1.807) is 11.3 Å². The molecule has 0 fully saturated rings. The predicted molar refractivity (Wildman–Crippen MR) is 92.5 cm³/mol.